The highest BCUT2D eigenvalue weighted by molar-refractivity contribution is 5.89. The molecule has 1 aromatic rings. The van der Waals surface area contributed by atoms with Gasteiger partial charge in [-0.1, -0.05) is 6.07 Å². The van der Waals surface area contributed by atoms with Gasteiger partial charge in [0.15, 0.2) is 0 Å². The predicted molar refractivity (Wildman–Crippen MR) is 78.0 cm³/mol. The van der Waals surface area contributed by atoms with E-state index in [0.29, 0.717) is 25.3 Å². The van der Waals surface area contributed by atoms with Gasteiger partial charge in [-0.25, -0.2) is 9.59 Å². The van der Waals surface area contributed by atoms with E-state index in [1.54, 1.807) is 0 Å². The average Bonchev–Trinajstić information content (AvgIpc) is 2.41. The van der Waals surface area contributed by atoms with Gasteiger partial charge in [0, 0.05) is 18.7 Å². The number of rotatable bonds is 6. The molecule has 5 N–H and O–H groups in total. The van der Waals surface area contributed by atoms with Gasteiger partial charge in [-0.3, -0.25) is 11.3 Å². The molecule has 7 heteroatoms. The van der Waals surface area contributed by atoms with Crippen LogP contribution in [0.1, 0.15) is 11.1 Å². The quantitative estimate of drug-likeness (QED) is 0.266. The number of hydrogen-bond donors (Lipinski definition) is 4. The molecule has 0 atom stereocenters. The van der Waals surface area contributed by atoms with Gasteiger partial charge in [0.05, 0.1) is 0 Å². The normalized spacial score (nSPS) is 9.86. The SMILES string of the molecule is Cc1ccc(OCCNN)cc1C.O=C(O)C=CC(=O)O. The summed E-state index contributed by atoms with van der Waals surface area (Å²) < 4.78 is 5.44. The molecule has 116 valence electrons. The molecule has 0 unspecified atom stereocenters. The molecule has 1 aromatic carbocycles. The molecular weight excluding hydrogens is 276 g/mol. The zero-order valence-corrected chi connectivity index (χ0v) is 12.0. The maximum absolute atomic E-state index is 9.55. The highest BCUT2D eigenvalue weighted by atomic mass is 16.5. The number of carboxylic acid groups (broad SMARTS) is 2. The molecule has 0 aliphatic carbocycles. The summed E-state index contributed by atoms with van der Waals surface area (Å²) in [7, 11) is 0. The van der Waals surface area contributed by atoms with E-state index in [4.69, 9.17) is 20.8 Å². The Morgan fingerprint density at radius 2 is 1.76 bits per heavy atom. The highest BCUT2D eigenvalue weighted by Crippen LogP contribution is 2.15. The molecule has 0 aliphatic rings. The average molecular weight is 296 g/mol. The van der Waals surface area contributed by atoms with Gasteiger partial charge in [0.25, 0.3) is 0 Å². The van der Waals surface area contributed by atoms with E-state index in [-0.39, 0.29) is 0 Å². The van der Waals surface area contributed by atoms with Crippen molar-refractivity contribution in [3.63, 3.8) is 0 Å². The lowest BCUT2D eigenvalue weighted by Gasteiger charge is -2.07. The van der Waals surface area contributed by atoms with Crippen LogP contribution >= 0.6 is 0 Å². The van der Waals surface area contributed by atoms with Crippen LogP contribution in [0.5, 0.6) is 5.75 Å². The van der Waals surface area contributed by atoms with Crippen LogP contribution in [0.4, 0.5) is 0 Å². The van der Waals surface area contributed by atoms with Crippen LogP contribution in [-0.4, -0.2) is 35.3 Å². The van der Waals surface area contributed by atoms with E-state index in [1.807, 2.05) is 12.1 Å². The third-order valence-corrected chi connectivity index (χ3v) is 2.36. The molecule has 7 nitrogen and oxygen atoms in total. The van der Waals surface area contributed by atoms with Crippen molar-refractivity contribution in [3.8, 4) is 5.75 Å². The van der Waals surface area contributed by atoms with Crippen molar-refractivity contribution in [1.82, 2.24) is 5.43 Å². The Morgan fingerprint density at radius 1 is 1.19 bits per heavy atom. The minimum Gasteiger partial charge on any atom is -0.492 e. The number of nitrogens with one attached hydrogen (secondary N) is 1. The summed E-state index contributed by atoms with van der Waals surface area (Å²) >= 11 is 0. The molecule has 0 aliphatic heterocycles. The van der Waals surface area contributed by atoms with E-state index in [0.717, 1.165) is 5.75 Å². The van der Waals surface area contributed by atoms with Crippen molar-refractivity contribution in [2.75, 3.05) is 13.2 Å². The lowest BCUT2D eigenvalue weighted by molar-refractivity contribution is -0.134. The number of ether oxygens (including phenoxy) is 1. The van der Waals surface area contributed by atoms with E-state index >= 15 is 0 Å². The number of aliphatic carboxylic acids is 2. The first-order chi connectivity index (χ1) is 9.86. The molecule has 21 heavy (non-hydrogen) atoms. The van der Waals surface area contributed by atoms with E-state index in [1.165, 1.54) is 11.1 Å². The van der Waals surface area contributed by atoms with Crippen molar-refractivity contribution in [3.05, 3.63) is 41.5 Å². The van der Waals surface area contributed by atoms with Crippen molar-refractivity contribution >= 4 is 11.9 Å². The predicted octanol–water partition coefficient (Wildman–Crippen LogP) is 0.857. The Labute approximate surface area is 123 Å². The fraction of sp³-hybridized carbons (Fsp3) is 0.286. The van der Waals surface area contributed by atoms with Crippen LogP contribution in [0.2, 0.25) is 0 Å². The first-order valence-electron chi connectivity index (χ1n) is 6.14. The molecule has 0 bridgehead atoms. The monoisotopic (exact) mass is 296 g/mol. The molecule has 0 aromatic heterocycles. The van der Waals surface area contributed by atoms with Crippen molar-refractivity contribution < 1.29 is 24.5 Å². The number of nitrogens with two attached hydrogens (primary N) is 1. The fourth-order valence-corrected chi connectivity index (χ4v) is 1.17. The lowest BCUT2D eigenvalue weighted by atomic mass is 10.1. The molecule has 0 heterocycles. The van der Waals surface area contributed by atoms with E-state index in [9.17, 15) is 9.59 Å². The Balaban J connectivity index is 0.000000433. The summed E-state index contributed by atoms with van der Waals surface area (Å²) in [5, 5.41) is 15.6. The Bertz CT molecular complexity index is 484. The minimum atomic E-state index is -1.26. The first-order valence-corrected chi connectivity index (χ1v) is 6.14. The number of hydrazine groups is 1. The summed E-state index contributed by atoms with van der Waals surface area (Å²) in [5.74, 6) is 3.50. The molecular formula is C14H20N2O5. The van der Waals surface area contributed by atoms with Crippen LogP contribution in [0, 0.1) is 13.8 Å². The third-order valence-electron chi connectivity index (χ3n) is 2.36. The van der Waals surface area contributed by atoms with Gasteiger partial charge in [-0.15, -0.1) is 0 Å². The second kappa shape index (κ2) is 10.4. The van der Waals surface area contributed by atoms with E-state index < -0.39 is 11.9 Å². The number of carbonyl (C=O) groups is 2. The standard InChI is InChI=1S/C10H16N2O.C4H4O4/c1-8-3-4-10(7-9(8)2)13-6-5-12-11;5-3(6)1-2-4(7)8/h3-4,7,12H,5-6,11H2,1-2H3;1-2H,(H,5,6)(H,7,8). The zero-order valence-electron chi connectivity index (χ0n) is 12.0. The summed E-state index contributed by atoms with van der Waals surface area (Å²) in [5.41, 5.74) is 5.07. The lowest BCUT2D eigenvalue weighted by Crippen LogP contribution is -2.27. The smallest absolute Gasteiger partial charge is 0.328 e. The van der Waals surface area contributed by atoms with E-state index in [2.05, 4.69) is 25.3 Å². The van der Waals surface area contributed by atoms with Crippen molar-refractivity contribution in [2.45, 2.75) is 13.8 Å². The number of carboxylic acids is 2. The molecule has 1 rings (SSSR count). The Morgan fingerprint density at radius 3 is 2.19 bits per heavy atom. The van der Waals surface area contributed by atoms with Crippen LogP contribution in [0.15, 0.2) is 30.4 Å². The molecule has 0 fully saturated rings. The molecule has 0 radical (unpaired) electrons. The van der Waals surface area contributed by atoms with Gasteiger partial charge in [-0.05, 0) is 37.1 Å². The summed E-state index contributed by atoms with van der Waals surface area (Å²) in [6.07, 6.45) is 1.12. The van der Waals surface area contributed by atoms with Crippen LogP contribution in [0.25, 0.3) is 0 Å². The molecule has 0 saturated heterocycles. The van der Waals surface area contributed by atoms with Gasteiger partial charge < -0.3 is 14.9 Å². The number of aryl methyl sites for hydroxylation is 2. The van der Waals surface area contributed by atoms with Gasteiger partial charge in [-0.2, -0.15) is 0 Å². The second-order valence-corrected chi connectivity index (χ2v) is 4.06. The van der Waals surface area contributed by atoms with Gasteiger partial charge in [0.1, 0.15) is 12.4 Å². The highest BCUT2D eigenvalue weighted by Gasteiger charge is 1.96. The van der Waals surface area contributed by atoms with Crippen molar-refractivity contribution in [1.29, 1.82) is 0 Å². The first kappa shape index (κ1) is 18.6. The summed E-state index contributed by atoms with van der Waals surface area (Å²) in [6, 6.07) is 6.06. The molecule has 0 spiro atoms. The second-order valence-electron chi connectivity index (χ2n) is 4.06. The fourth-order valence-electron chi connectivity index (χ4n) is 1.17. The van der Waals surface area contributed by atoms with Gasteiger partial charge >= 0.3 is 11.9 Å². The largest absolute Gasteiger partial charge is 0.492 e. The summed E-state index contributed by atoms with van der Waals surface area (Å²) in [6.45, 7) is 5.41. The number of benzene rings is 1. The van der Waals surface area contributed by atoms with Gasteiger partial charge in [0.2, 0.25) is 0 Å². The Kier molecular flexibility index (Phi) is 9.23. The maximum atomic E-state index is 9.55. The Hall–Kier alpha value is -2.38. The topological polar surface area (TPSA) is 122 Å². The number of hydrogen-bond acceptors (Lipinski definition) is 5. The molecule has 0 amide bonds. The minimum absolute atomic E-state index is 0.558. The van der Waals surface area contributed by atoms with Crippen LogP contribution in [0.3, 0.4) is 0 Å². The zero-order chi connectivity index (χ0) is 16.3. The van der Waals surface area contributed by atoms with Crippen LogP contribution < -0.4 is 16.0 Å². The third kappa shape index (κ3) is 10.1. The van der Waals surface area contributed by atoms with Crippen molar-refractivity contribution in [2.24, 2.45) is 5.84 Å². The van der Waals surface area contributed by atoms with Crippen LogP contribution in [-0.2, 0) is 9.59 Å². The molecule has 0 saturated carbocycles. The summed E-state index contributed by atoms with van der Waals surface area (Å²) in [4.78, 5) is 19.1. The maximum Gasteiger partial charge on any atom is 0.328 e.